The molecule has 0 bridgehead atoms. The molecule has 7 heteroatoms. The van der Waals surface area contributed by atoms with Crippen molar-refractivity contribution in [2.24, 2.45) is 0 Å². The van der Waals surface area contributed by atoms with E-state index in [1.54, 1.807) is 19.1 Å². The SMILES string of the molecule is C#Cc1ccc2nc(C)c(S(=O)(=O)NC)n2n1.CC. The monoisotopic (exact) mass is 280 g/mol. The van der Waals surface area contributed by atoms with E-state index in [2.05, 4.69) is 20.7 Å². The number of hydrogen-bond donors (Lipinski definition) is 1. The number of hydrogen-bond acceptors (Lipinski definition) is 4. The Balaban J connectivity index is 0.000000861. The summed E-state index contributed by atoms with van der Waals surface area (Å²) in [6.07, 6.45) is 5.23. The molecule has 0 unspecified atom stereocenters. The molecule has 2 aromatic heterocycles. The van der Waals surface area contributed by atoms with Crippen LogP contribution in [0, 0.1) is 19.3 Å². The summed E-state index contributed by atoms with van der Waals surface area (Å²) in [4.78, 5) is 4.12. The summed E-state index contributed by atoms with van der Waals surface area (Å²) in [5, 5.41) is 4.03. The highest BCUT2D eigenvalue weighted by Crippen LogP contribution is 2.16. The maximum absolute atomic E-state index is 11.8. The second-order valence-corrected chi connectivity index (χ2v) is 5.14. The lowest BCUT2D eigenvalue weighted by Gasteiger charge is -2.02. The molecule has 6 nitrogen and oxygen atoms in total. The number of fused-ring (bicyclic) bond motifs is 1. The van der Waals surface area contributed by atoms with Crippen LogP contribution >= 0.6 is 0 Å². The van der Waals surface area contributed by atoms with Crippen LogP contribution in [0.25, 0.3) is 5.65 Å². The van der Waals surface area contributed by atoms with Crippen molar-refractivity contribution in [1.29, 1.82) is 0 Å². The van der Waals surface area contributed by atoms with E-state index < -0.39 is 10.0 Å². The number of nitrogens with zero attached hydrogens (tertiary/aromatic N) is 3. The fourth-order valence-corrected chi connectivity index (χ4v) is 2.50. The van der Waals surface area contributed by atoms with Gasteiger partial charge in [-0.3, -0.25) is 0 Å². The zero-order valence-electron chi connectivity index (χ0n) is 11.3. The first-order chi connectivity index (χ1) is 8.99. The van der Waals surface area contributed by atoms with E-state index in [1.807, 2.05) is 13.8 Å². The van der Waals surface area contributed by atoms with E-state index in [0.717, 1.165) is 0 Å². The van der Waals surface area contributed by atoms with Gasteiger partial charge in [0.15, 0.2) is 10.7 Å². The summed E-state index contributed by atoms with van der Waals surface area (Å²) in [7, 11) is -2.29. The van der Waals surface area contributed by atoms with Crippen molar-refractivity contribution >= 4 is 15.7 Å². The third-order valence-electron chi connectivity index (χ3n) is 2.27. The Morgan fingerprint density at radius 2 is 2.00 bits per heavy atom. The predicted molar refractivity (Wildman–Crippen MR) is 73.3 cm³/mol. The fraction of sp³-hybridized carbons (Fsp3) is 0.333. The largest absolute Gasteiger partial charge is 0.259 e. The van der Waals surface area contributed by atoms with Crippen LogP contribution in [0.4, 0.5) is 0 Å². The quantitative estimate of drug-likeness (QED) is 0.831. The standard InChI is InChI=1S/C10H10N4O2S.C2H6/c1-4-8-5-6-9-12-7(2)10(14(9)13-8)17(15,16)11-3;1-2/h1,5-6,11H,2-3H3;1-2H3. The van der Waals surface area contributed by atoms with Gasteiger partial charge in [-0.2, -0.15) is 9.61 Å². The topological polar surface area (TPSA) is 76.4 Å². The summed E-state index contributed by atoms with van der Waals surface area (Å²) in [6.45, 7) is 5.61. The lowest BCUT2D eigenvalue weighted by Crippen LogP contribution is -2.21. The molecule has 0 aliphatic heterocycles. The predicted octanol–water partition coefficient (Wildman–Crippen LogP) is 0.953. The number of aromatic nitrogens is 3. The van der Waals surface area contributed by atoms with Gasteiger partial charge in [0.1, 0.15) is 5.69 Å². The molecular weight excluding hydrogens is 264 g/mol. The third-order valence-corrected chi connectivity index (χ3v) is 3.79. The molecule has 2 heterocycles. The molecule has 0 aromatic carbocycles. The van der Waals surface area contributed by atoms with Gasteiger partial charge in [-0.05, 0) is 32.0 Å². The molecule has 0 saturated carbocycles. The molecule has 2 aromatic rings. The smallest absolute Gasteiger partial charge is 0.231 e. The molecule has 0 aliphatic rings. The van der Waals surface area contributed by atoms with Crippen LogP contribution in [-0.4, -0.2) is 30.1 Å². The second kappa shape index (κ2) is 5.82. The van der Waals surface area contributed by atoms with Crippen LogP contribution in [0.1, 0.15) is 25.2 Å². The Kier molecular flexibility index (Phi) is 4.64. The van der Waals surface area contributed by atoms with E-state index in [-0.39, 0.29) is 5.03 Å². The molecular formula is C12H16N4O2S. The first kappa shape index (κ1) is 15.1. The highest BCUT2D eigenvalue weighted by Gasteiger charge is 2.22. The molecule has 0 atom stereocenters. The van der Waals surface area contributed by atoms with Gasteiger partial charge in [0.2, 0.25) is 0 Å². The average Bonchev–Trinajstić information content (AvgIpc) is 2.76. The van der Waals surface area contributed by atoms with E-state index in [1.165, 1.54) is 11.6 Å². The number of aryl methyl sites for hydroxylation is 1. The minimum absolute atomic E-state index is 0.00657. The van der Waals surface area contributed by atoms with Gasteiger partial charge >= 0.3 is 0 Å². The number of terminal acetylenes is 1. The Labute approximate surface area is 112 Å². The van der Waals surface area contributed by atoms with Crippen molar-refractivity contribution in [1.82, 2.24) is 19.3 Å². The van der Waals surface area contributed by atoms with Gasteiger partial charge in [-0.15, -0.1) is 6.42 Å². The van der Waals surface area contributed by atoms with Crippen LogP contribution in [-0.2, 0) is 10.0 Å². The second-order valence-electron chi connectivity index (χ2n) is 3.34. The maximum atomic E-state index is 11.8. The summed E-state index contributed by atoms with van der Waals surface area (Å²) >= 11 is 0. The van der Waals surface area contributed by atoms with E-state index in [0.29, 0.717) is 17.0 Å². The summed E-state index contributed by atoms with van der Waals surface area (Å²) in [5.74, 6) is 2.35. The highest BCUT2D eigenvalue weighted by atomic mass is 32.2. The zero-order chi connectivity index (χ0) is 14.6. The van der Waals surface area contributed by atoms with Crippen molar-refractivity contribution < 1.29 is 8.42 Å². The van der Waals surface area contributed by atoms with Gasteiger partial charge in [-0.25, -0.2) is 18.1 Å². The average molecular weight is 280 g/mol. The number of imidazole rings is 1. The molecule has 0 fully saturated rings. The van der Waals surface area contributed by atoms with Crippen molar-refractivity contribution in [2.75, 3.05) is 7.05 Å². The van der Waals surface area contributed by atoms with Crippen molar-refractivity contribution in [3.05, 3.63) is 23.5 Å². The van der Waals surface area contributed by atoms with Gasteiger partial charge in [0, 0.05) is 0 Å². The highest BCUT2D eigenvalue weighted by molar-refractivity contribution is 7.89. The maximum Gasteiger partial charge on any atom is 0.259 e. The molecule has 0 saturated heterocycles. The van der Waals surface area contributed by atoms with Crippen LogP contribution in [0.2, 0.25) is 0 Å². The van der Waals surface area contributed by atoms with Crippen molar-refractivity contribution in [3.63, 3.8) is 0 Å². The first-order valence-corrected chi connectivity index (χ1v) is 7.24. The Morgan fingerprint density at radius 3 is 2.53 bits per heavy atom. The summed E-state index contributed by atoms with van der Waals surface area (Å²) in [5.41, 5.74) is 1.17. The van der Waals surface area contributed by atoms with Crippen LogP contribution in [0.15, 0.2) is 17.2 Å². The molecule has 2 rings (SSSR count). The van der Waals surface area contributed by atoms with Crippen molar-refractivity contribution in [3.8, 4) is 12.3 Å². The van der Waals surface area contributed by atoms with Gasteiger partial charge < -0.3 is 0 Å². The summed E-state index contributed by atoms with van der Waals surface area (Å²) < 4.78 is 27.1. The number of nitrogens with one attached hydrogen (secondary N) is 1. The van der Waals surface area contributed by atoms with Gasteiger partial charge in [-0.1, -0.05) is 13.8 Å². The Bertz CT molecular complexity index is 726. The lowest BCUT2D eigenvalue weighted by atomic mass is 10.4. The van der Waals surface area contributed by atoms with E-state index in [9.17, 15) is 8.42 Å². The van der Waals surface area contributed by atoms with Gasteiger partial charge in [0.05, 0.1) is 5.69 Å². The van der Waals surface area contributed by atoms with Crippen molar-refractivity contribution in [2.45, 2.75) is 25.8 Å². The molecule has 0 spiro atoms. The molecule has 102 valence electrons. The first-order valence-electron chi connectivity index (χ1n) is 5.76. The summed E-state index contributed by atoms with van der Waals surface area (Å²) in [6, 6.07) is 3.24. The third kappa shape index (κ3) is 2.75. The lowest BCUT2D eigenvalue weighted by molar-refractivity contribution is 0.579. The Morgan fingerprint density at radius 1 is 1.37 bits per heavy atom. The zero-order valence-corrected chi connectivity index (χ0v) is 12.1. The molecule has 0 amide bonds. The fourth-order valence-electron chi connectivity index (χ4n) is 1.51. The minimum Gasteiger partial charge on any atom is -0.231 e. The molecule has 19 heavy (non-hydrogen) atoms. The van der Waals surface area contributed by atoms with Crippen LogP contribution in [0.3, 0.4) is 0 Å². The number of rotatable bonds is 2. The molecule has 1 N–H and O–H groups in total. The van der Waals surface area contributed by atoms with Crippen LogP contribution < -0.4 is 4.72 Å². The number of sulfonamides is 1. The normalized spacial score (nSPS) is 10.7. The minimum atomic E-state index is -3.62. The molecule has 0 radical (unpaired) electrons. The Hall–Kier alpha value is -1.91. The van der Waals surface area contributed by atoms with Crippen LogP contribution in [0.5, 0.6) is 0 Å². The van der Waals surface area contributed by atoms with E-state index >= 15 is 0 Å². The van der Waals surface area contributed by atoms with Gasteiger partial charge in [0.25, 0.3) is 10.0 Å². The molecule has 0 aliphatic carbocycles. The van der Waals surface area contributed by atoms with E-state index in [4.69, 9.17) is 6.42 Å².